The Morgan fingerprint density at radius 2 is 1.91 bits per heavy atom. The van der Waals surface area contributed by atoms with E-state index in [9.17, 15) is 13.6 Å². The summed E-state index contributed by atoms with van der Waals surface area (Å²) in [6.07, 6.45) is 0. The lowest BCUT2D eigenvalue weighted by Gasteiger charge is -2.27. The summed E-state index contributed by atoms with van der Waals surface area (Å²) in [5.74, 6) is -0.0943. The van der Waals surface area contributed by atoms with Crippen molar-refractivity contribution in [2.75, 3.05) is 56.1 Å². The summed E-state index contributed by atoms with van der Waals surface area (Å²) in [5.41, 5.74) is 1.63. The number of aromatic nitrogens is 2. The topological polar surface area (TPSA) is 159 Å². The number of carbonyl (C=O) groups is 1. The zero-order chi connectivity index (χ0) is 30.2. The number of morpholine rings is 1. The molecule has 0 aliphatic carbocycles. The van der Waals surface area contributed by atoms with Crippen molar-refractivity contribution in [3.05, 3.63) is 77.3 Å². The summed E-state index contributed by atoms with van der Waals surface area (Å²) in [6, 6.07) is 17.9. The highest BCUT2D eigenvalue weighted by Crippen LogP contribution is 2.36. The Labute approximate surface area is 254 Å². The van der Waals surface area contributed by atoms with Gasteiger partial charge in [-0.2, -0.15) is 0 Å². The predicted octanol–water partition coefficient (Wildman–Crippen LogP) is 4.41. The molecule has 43 heavy (non-hydrogen) atoms. The Hall–Kier alpha value is -4.30. The van der Waals surface area contributed by atoms with Crippen LogP contribution in [0, 0.1) is 0 Å². The molecule has 0 radical (unpaired) electrons. The van der Waals surface area contributed by atoms with E-state index in [0.29, 0.717) is 53.8 Å². The fraction of sp³-hybridized carbons (Fsp3) is 0.250. The molecule has 0 bridgehead atoms. The molecule has 4 aromatic rings. The van der Waals surface area contributed by atoms with Crippen LogP contribution in [0.5, 0.6) is 5.75 Å². The van der Waals surface area contributed by atoms with Crippen molar-refractivity contribution in [1.82, 2.24) is 19.8 Å². The van der Waals surface area contributed by atoms with Crippen molar-refractivity contribution in [2.24, 2.45) is 10.2 Å². The molecule has 1 aliphatic heterocycles. The summed E-state index contributed by atoms with van der Waals surface area (Å²) in [6.45, 7) is 4.06. The molecule has 13 nitrogen and oxygen atoms in total. The molecule has 1 unspecified atom stereocenters. The van der Waals surface area contributed by atoms with Crippen LogP contribution in [-0.2, 0) is 16.0 Å². The van der Waals surface area contributed by atoms with Crippen LogP contribution < -0.4 is 19.3 Å². The molecular weight excluding hydrogens is 596 g/mol. The van der Waals surface area contributed by atoms with Crippen LogP contribution in [0.25, 0.3) is 11.0 Å². The number of carbonyl (C=O) groups excluding carboxylic acids is 1. The number of amides is 1. The number of fused-ring (bicyclic) bond motifs is 1. The zero-order valence-electron chi connectivity index (χ0n) is 23.1. The van der Waals surface area contributed by atoms with Gasteiger partial charge in [0.1, 0.15) is 17.4 Å². The molecule has 3 aromatic carbocycles. The fourth-order valence-corrected chi connectivity index (χ4v) is 5.02. The summed E-state index contributed by atoms with van der Waals surface area (Å²) < 4.78 is 36.9. The van der Waals surface area contributed by atoms with Crippen LogP contribution in [0.2, 0.25) is 5.02 Å². The number of nitrogens with zero attached hydrogens (tertiary/aromatic N) is 7. The van der Waals surface area contributed by atoms with E-state index in [2.05, 4.69) is 35.3 Å². The quantitative estimate of drug-likeness (QED) is 0.153. The molecule has 0 spiro atoms. The van der Waals surface area contributed by atoms with Gasteiger partial charge in [0.15, 0.2) is 11.6 Å². The lowest BCUT2D eigenvalue weighted by Crippen LogP contribution is -2.37. The lowest BCUT2D eigenvalue weighted by molar-refractivity contribution is 0.0392. The molecule has 15 heteroatoms. The van der Waals surface area contributed by atoms with Gasteiger partial charge >= 0.3 is 5.91 Å². The first-order valence-corrected chi connectivity index (χ1v) is 14.6. The number of halogens is 1. The van der Waals surface area contributed by atoms with E-state index in [1.54, 1.807) is 42.5 Å². The van der Waals surface area contributed by atoms with E-state index in [0.717, 1.165) is 17.4 Å². The number of para-hydroxylation sites is 2. The van der Waals surface area contributed by atoms with Gasteiger partial charge in [-0.25, -0.2) is 9.97 Å². The van der Waals surface area contributed by atoms with Crippen molar-refractivity contribution >= 4 is 62.8 Å². The van der Waals surface area contributed by atoms with Gasteiger partial charge in [0.2, 0.25) is 10.0 Å². The van der Waals surface area contributed by atoms with Gasteiger partial charge in [0, 0.05) is 25.7 Å². The zero-order valence-corrected chi connectivity index (χ0v) is 24.6. The lowest BCUT2D eigenvalue weighted by atomic mass is 10.2. The minimum Gasteiger partial charge on any atom is -0.755 e. The van der Waals surface area contributed by atoms with Crippen molar-refractivity contribution < 1.29 is 23.0 Å². The van der Waals surface area contributed by atoms with Crippen molar-refractivity contribution in [3.63, 3.8) is 0 Å². The molecule has 0 saturated carbocycles. The smallest absolute Gasteiger partial charge is 0.360 e. The van der Waals surface area contributed by atoms with Gasteiger partial charge in [-0.15, -0.1) is 0 Å². The minimum atomic E-state index is -2.87. The first-order valence-electron chi connectivity index (χ1n) is 13.2. The summed E-state index contributed by atoms with van der Waals surface area (Å²) in [7, 11) is 1.52. The maximum atomic E-state index is 12.8. The van der Waals surface area contributed by atoms with Gasteiger partial charge in [-0.05, 0) is 42.5 Å². The number of nitrogens with one attached hydrogen (secondary N) is 1. The number of benzene rings is 3. The van der Waals surface area contributed by atoms with Crippen molar-refractivity contribution in [2.45, 2.75) is 0 Å². The SMILES string of the molecule is COc1ccc(Cl)c(Nc2nc3ccccc3nc2N(c2cccc(C(=O)N=[N+]=NCCN3CCOCC3)c2)S(=O)[O-])c1. The Kier molecular flexibility index (Phi) is 10.00. The van der Waals surface area contributed by atoms with Crippen molar-refractivity contribution in [1.29, 1.82) is 0 Å². The Morgan fingerprint density at radius 1 is 1.14 bits per heavy atom. The van der Waals surface area contributed by atoms with Crippen LogP contribution in [-0.4, -0.2) is 76.0 Å². The second kappa shape index (κ2) is 14.2. The number of hydrogen-bond acceptors (Lipinski definition) is 10. The molecule has 2 heterocycles. The molecule has 1 aromatic heterocycles. The minimum absolute atomic E-state index is 0.0461. The highest BCUT2D eigenvalue weighted by Gasteiger charge is 2.22. The van der Waals surface area contributed by atoms with Gasteiger partial charge in [0.25, 0.3) is 0 Å². The summed E-state index contributed by atoms with van der Waals surface area (Å²) in [5, 5.41) is 11.1. The van der Waals surface area contributed by atoms with E-state index in [4.69, 9.17) is 21.1 Å². The van der Waals surface area contributed by atoms with Gasteiger partial charge in [-0.3, -0.25) is 18.2 Å². The number of hydrogen-bond donors (Lipinski definition) is 1. The van der Waals surface area contributed by atoms with Gasteiger partial charge < -0.3 is 19.3 Å². The Morgan fingerprint density at radius 3 is 2.65 bits per heavy atom. The first kappa shape index (κ1) is 30.2. The first-order chi connectivity index (χ1) is 20.9. The van der Waals surface area contributed by atoms with E-state index < -0.39 is 17.2 Å². The second-order valence-electron chi connectivity index (χ2n) is 9.23. The predicted molar refractivity (Wildman–Crippen MR) is 162 cm³/mol. The molecule has 1 saturated heterocycles. The third kappa shape index (κ3) is 7.56. The fourth-order valence-electron chi connectivity index (χ4n) is 4.30. The van der Waals surface area contributed by atoms with E-state index in [1.165, 1.54) is 31.4 Å². The van der Waals surface area contributed by atoms with Gasteiger partial charge in [-0.1, -0.05) is 29.8 Å². The highest BCUT2D eigenvalue weighted by atomic mass is 35.5. The Balaban J connectivity index is 1.45. The number of anilines is 4. The number of ether oxygens (including phenoxy) is 2. The van der Waals surface area contributed by atoms with Crippen molar-refractivity contribution in [3.8, 4) is 5.75 Å². The van der Waals surface area contributed by atoms with Crippen LogP contribution >= 0.6 is 11.6 Å². The molecule has 1 amide bonds. The van der Waals surface area contributed by atoms with E-state index in [-0.39, 0.29) is 22.9 Å². The average molecular weight is 623 g/mol. The number of methoxy groups -OCH3 is 1. The molecule has 1 aliphatic rings. The average Bonchev–Trinajstić information content (AvgIpc) is 3.02. The monoisotopic (exact) mass is 622 g/mol. The molecule has 1 fully saturated rings. The van der Waals surface area contributed by atoms with Crippen LogP contribution in [0.3, 0.4) is 0 Å². The maximum absolute atomic E-state index is 12.8. The normalized spacial score (nSPS) is 14.0. The van der Waals surface area contributed by atoms with Crippen LogP contribution in [0.1, 0.15) is 10.4 Å². The third-order valence-corrected chi connectivity index (χ3v) is 7.48. The molecule has 5 rings (SSSR count). The maximum Gasteiger partial charge on any atom is 0.360 e. The Bertz CT molecular complexity index is 1710. The number of rotatable bonds is 10. The standard InChI is InChI=1S/C28H27ClN8O5S/c1-41-21-9-10-22(29)25(18-21)32-26-27(33-24-8-3-2-7-23(24)31-26)37(43(39)40)20-6-4-5-19(17-20)28(38)34-35-30-11-12-36-13-15-42-16-14-36/h2-10,17-18H,11-16H2,1H3,(H-,31,32,39,40). The van der Waals surface area contributed by atoms with E-state index >= 15 is 0 Å². The summed E-state index contributed by atoms with van der Waals surface area (Å²) >= 11 is 3.54. The van der Waals surface area contributed by atoms with Crippen LogP contribution in [0.4, 0.5) is 23.0 Å². The van der Waals surface area contributed by atoms with E-state index in [1.807, 2.05) is 0 Å². The molecule has 1 N–H and O–H groups in total. The molecule has 1 atom stereocenters. The largest absolute Gasteiger partial charge is 0.755 e. The van der Waals surface area contributed by atoms with Gasteiger partial charge in [0.05, 0.1) is 64.6 Å². The second-order valence-corrected chi connectivity index (χ2v) is 10.4. The summed E-state index contributed by atoms with van der Waals surface area (Å²) in [4.78, 5) is 27.9. The highest BCUT2D eigenvalue weighted by molar-refractivity contribution is 7.81. The molecular formula is C28H27ClN8O5S. The molecule has 222 valence electrons. The van der Waals surface area contributed by atoms with Crippen LogP contribution in [0.15, 0.2) is 77.0 Å². The third-order valence-electron chi connectivity index (χ3n) is 6.47.